The molecular formula is C32H33NO4. The molecule has 1 aliphatic heterocycles. The number of benzene rings is 4. The summed E-state index contributed by atoms with van der Waals surface area (Å²) in [6.45, 7) is 4.81. The summed E-state index contributed by atoms with van der Waals surface area (Å²) in [5, 5.41) is 6.25. The normalized spacial score (nSPS) is 17.5. The molecule has 1 N–H and O–H groups in total. The van der Waals surface area contributed by atoms with E-state index in [-0.39, 0.29) is 24.7 Å². The minimum Gasteiger partial charge on any atom is -0.489 e. The van der Waals surface area contributed by atoms with Crippen LogP contribution in [0.4, 0.5) is 0 Å². The smallest absolute Gasteiger partial charge is 0.343 e. The second-order valence-corrected chi connectivity index (χ2v) is 9.65. The summed E-state index contributed by atoms with van der Waals surface area (Å²) in [5.74, 6) is 1.38. The van der Waals surface area contributed by atoms with Gasteiger partial charge in [-0.3, -0.25) is 0 Å². The van der Waals surface area contributed by atoms with Gasteiger partial charge in [-0.2, -0.15) is 0 Å². The number of rotatable bonds is 8. The zero-order valence-electron chi connectivity index (χ0n) is 21.6. The monoisotopic (exact) mass is 495 g/mol. The van der Waals surface area contributed by atoms with Crippen molar-refractivity contribution in [3.05, 3.63) is 107 Å². The summed E-state index contributed by atoms with van der Waals surface area (Å²) in [5.41, 5.74) is 4.59. The maximum atomic E-state index is 11.6. The van der Waals surface area contributed by atoms with E-state index in [9.17, 15) is 4.79 Å². The van der Waals surface area contributed by atoms with Crippen molar-refractivity contribution >= 4 is 16.7 Å². The molecule has 0 fully saturated rings. The third-order valence-corrected chi connectivity index (χ3v) is 7.22. The van der Waals surface area contributed by atoms with Crippen LogP contribution in [0, 0.1) is 6.92 Å². The van der Waals surface area contributed by atoms with Crippen LogP contribution in [0.2, 0.25) is 0 Å². The van der Waals surface area contributed by atoms with E-state index in [1.165, 1.54) is 29.0 Å². The first-order valence-corrected chi connectivity index (χ1v) is 12.8. The number of nitrogens with one attached hydrogen (secondary N) is 1. The van der Waals surface area contributed by atoms with Crippen LogP contribution in [0.1, 0.15) is 47.6 Å². The number of carbonyl (C=O) groups excluding carboxylic acids is 1. The molecule has 5 nitrogen and oxygen atoms in total. The molecule has 190 valence electrons. The van der Waals surface area contributed by atoms with Crippen LogP contribution in [-0.2, 0) is 9.53 Å². The lowest BCUT2D eigenvalue weighted by Crippen LogP contribution is -2.37. The third kappa shape index (κ3) is 5.47. The Morgan fingerprint density at radius 1 is 1.03 bits per heavy atom. The number of ether oxygens (including phenoxy) is 3. The lowest BCUT2D eigenvalue weighted by molar-refractivity contribution is -0.142. The minimum absolute atomic E-state index is 0.0121. The van der Waals surface area contributed by atoms with Crippen molar-refractivity contribution in [1.82, 2.24) is 5.32 Å². The van der Waals surface area contributed by atoms with E-state index in [0.29, 0.717) is 5.75 Å². The molecule has 2 unspecified atom stereocenters. The molecule has 5 heteroatoms. The number of carbonyl (C=O) groups is 1. The highest BCUT2D eigenvalue weighted by atomic mass is 16.6. The van der Waals surface area contributed by atoms with Gasteiger partial charge in [0.1, 0.15) is 17.6 Å². The highest BCUT2D eigenvalue weighted by Crippen LogP contribution is 2.41. The Bertz CT molecular complexity index is 1390. The van der Waals surface area contributed by atoms with Gasteiger partial charge in [0.2, 0.25) is 0 Å². The molecule has 3 atom stereocenters. The van der Waals surface area contributed by atoms with Gasteiger partial charge in [0, 0.05) is 24.1 Å². The van der Waals surface area contributed by atoms with E-state index in [4.69, 9.17) is 14.2 Å². The summed E-state index contributed by atoms with van der Waals surface area (Å²) in [6, 6.07) is 29.7. The lowest BCUT2D eigenvalue weighted by atomic mass is 9.83. The Balaban J connectivity index is 1.35. The summed E-state index contributed by atoms with van der Waals surface area (Å²) in [7, 11) is 1.36. The molecular weight excluding hydrogens is 462 g/mol. The molecule has 5 rings (SSSR count). The molecule has 0 saturated heterocycles. The SMILES string of the molecule is COC(=O)COc1cc(C2CC(CN[C@H](C)c3cccc4ccccc34)Oc3ccccc32)ccc1C. The van der Waals surface area contributed by atoms with Crippen molar-refractivity contribution in [2.75, 3.05) is 20.3 Å². The standard InChI is InChI=1S/C32H33NO4/c1-21-15-16-24(17-31(21)36-20-32(34)35-3)29-18-25(37-30-14-7-6-12-28(29)30)19-33-22(2)26-13-8-10-23-9-4-5-11-27(23)26/h4-17,22,25,29,33H,18-20H2,1-3H3/t22-,25?,29?/m1/s1. The quantitative estimate of drug-likeness (QED) is 0.289. The van der Waals surface area contributed by atoms with Crippen molar-refractivity contribution < 1.29 is 19.0 Å². The van der Waals surface area contributed by atoms with Gasteiger partial charge in [-0.05, 0) is 59.9 Å². The van der Waals surface area contributed by atoms with Gasteiger partial charge >= 0.3 is 5.97 Å². The molecule has 0 spiro atoms. The Kier molecular flexibility index (Phi) is 7.42. The summed E-state index contributed by atoms with van der Waals surface area (Å²) in [4.78, 5) is 11.6. The van der Waals surface area contributed by atoms with E-state index < -0.39 is 5.97 Å². The number of hydrogen-bond acceptors (Lipinski definition) is 5. The number of hydrogen-bond donors (Lipinski definition) is 1. The van der Waals surface area contributed by atoms with Gasteiger partial charge in [0.15, 0.2) is 6.61 Å². The first-order chi connectivity index (χ1) is 18.0. The number of esters is 1. The minimum atomic E-state index is -0.396. The fourth-order valence-electron chi connectivity index (χ4n) is 5.16. The Morgan fingerprint density at radius 3 is 2.68 bits per heavy atom. The summed E-state index contributed by atoms with van der Waals surface area (Å²) < 4.78 is 17.0. The second kappa shape index (κ2) is 11.1. The molecule has 1 aliphatic rings. The topological polar surface area (TPSA) is 56.8 Å². The van der Waals surface area contributed by atoms with Gasteiger partial charge in [0.25, 0.3) is 0 Å². The molecule has 0 aromatic heterocycles. The fraction of sp³-hybridized carbons (Fsp3) is 0.281. The Hall–Kier alpha value is -3.83. The van der Waals surface area contributed by atoms with Crippen LogP contribution in [0.25, 0.3) is 10.8 Å². The van der Waals surface area contributed by atoms with Gasteiger partial charge in [-0.1, -0.05) is 72.8 Å². The zero-order valence-corrected chi connectivity index (χ0v) is 21.6. The maximum Gasteiger partial charge on any atom is 0.343 e. The number of para-hydroxylation sites is 1. The van der Waals surface area contributed by atoms with E-state index >= 15 is 0 Å². The molecule has 1 heterocycles. The van der Waals surface area contributed by atoms with E-state index in [1.54, 1.807) is 0 Å². The number of methoxy groups -OCH3 is 1. The van der Waals surface area contributed by atoms with Crippen LogP contribution in [0.3, 0.4) is 0 Å². The molecule has 4 aromatic carbocycles. The van der Waals surface area contributed by atoms with E-state index in [0.717, 1.165) is 29.8 Å². The van der Waals surface area contributed by atoms with Crippen molar-refractivity contribution in [2.45, 2.75) is 38.3 Å². The summed E-state index contributed by atoms with van der Waals surface area (Å²) in [6.07, 6.45) is 0.851. The lowest BCUT2D eigenvalue weighted by Gasteiger charge is -2.33. The molecule has 37 heavy (non-hydrogen) atoms. The number of fused-ring (bicyclic) bond motifs is 2. The van der Waals surface area contributed by atoms with Crippen LogP contribution >= 0.6 is 0 Å². The largest absolute Gasteiger partial charge is 0.489 e. The van der Waals surface area contributed by atoms with Crippen LogP contribution in [0.5, 0.6) is 11.5 Å². The molecule has 0 saturated carbocycles. The molecule has 4 aromatic rings. The second-order valence-electron chi connectivity index (χ2n) is 9.65. The van der Waals surface area contributed by atoms with E-state index in [1.807, 2.05) is 25.1 Å². The zero-order chi connectivity index (χ0) is 25.8. The molecule has 0 amide bonds. The van der Waals surface area contributed by atoms with Crippen molar-refractivity contribution in [2.24, 2.45) is 0 Å². The van der Waals surface area contributed by atoms with Crippen LogP contribution in [-0.4, -0.2) is 32.3 Å². The molecule has 0 bridgehead atoms. The molecule has 0 aliphatic carbocycles. The Labute approximate surface area is 218 Å². The third-order valence-electron chi connectivity index (χ3n) is 7.22. The van der Waals surface area contributed by atoms with Crippen molar-refractivity contribution in [3.63, 3.8) is 0 Å². The van der Waals surface area contributed by atoms with Crippen LogP contribution in [0.15, 0.2) is 84.9 Å². The van der Waals surface area contributed by atoms with Crippen molar-refractivity contribution in [1.29, 1.82) is 0 Å². The van der Waals surface area contributed by atoms with Gasteiger partial charge in [-0.15, -0.1) is 0 Å². The van der Waals surface area contributed by atoms with E-state index in [2.05, 4.69) is 79.0 Å². The maximum absolute atomic E-state index is 11.6. The highest BCUT2D eigenvalue weighted by molar-refractivity contribution is 5.86. The predicted octanol–water partition coefficient (Wildman–Crippen LogP) is 6.33. The van der Waals surface area contributed by atoms with Gasteiger partial charge in [0.05, 0.1) is 7.11 Å². The first kappa shape index (κ1) is 24.8. The van der Waals surface area contributed by atoms with Crippen LogP contribution < -0.4 is 14.8 Å². The predicted molar refractivity (Wildman–Crippen MR) is 146 cm³/mol. The fourth-order valence-corrected chi connectivity index (χ4v) is 5.16. The number of aryl methyl sites for hydroxylation is 1. The summed E-state index contributed by atoms with van der Waals surface area (Å²) >= 11 is 0. The molecule has 0 radical (unpaired) electrons. The van der Waals surface area contributed by atoms with Crippen molar-refractivity contribution in [3.8, 4) is 11.5 Å². The average molecular weight is 496 g/mol. The van der Waals surface area contributed by atoms with Gasteiger partial charge < -0.3 is 19.5 Å². The highest BCUT2D eigenvalue weighted by Gasteiger charge is 2.30. The Morgan fingerprint density at radius 2 is 1.81 bits per heavy atom. The first-order valence-electron chi connectivity index (χ1n) is 12.8. The average Bonchev–Trinajstić information content (AvgIpc) is 2.94. The van der Waals surface area contributed by atoms with Gasteiger partial charge in [-0.25, -0.2) is 4.79 Å².